The maximum absolute atomic E-state index is 5.58. The van der Waals surface area contributed by atoms with Crippen LogP contribution in [0.1, 0.15) is 6.92 Å². The van der Waals surface area contributed by atoms with Gasteiger partial charge in [-0.3, -0.25) is 0 Å². The molecule has 1 heterocycles. The summed E-state index contributed by atoms with van der Waals surface area (Å²) in [6.45, 7) is 2.62. The standard InChI is InChI=1S/C13H17N3OS3/c1-3-17-11-7-5-4-6-10(11)14-12-15-16-13(20-12)19-9-8-18-2/h4-7H,3,8-9H2,1-2H3,(H,14,15). The van der Waals surface area contributed by atoms with Crippen LogP contribution in [0.3, 0.4) is 0 Å². The summed E-state index contributed by atoms with van der Waals surface area (Å²) < 4.78 is 6.58. The van der Waals surface area contributed by atoms with Gasteiger partial charge in [-0.25, -0.2) is 0 Å². The van der Waals surface area contributed by atoms with Crippen LogP contribution in [-0.4, -0.2) is 34.6 Å². The molecule has 1 aromatic carbocycles. The van der Waals surface area contributed by atoms with E-state index in [2.05, 4.69) is 21.8 Å². The van der Waals surface area contributed by atoms with E-state index in [1.54, 1.807) is 23.1 Å². The molecule has 0 unspecified atom stereocenters. The van der Waals surface area contributed by atoms with Crippen molar-refractivity contribution in [1.82, 2.24) is 10.2 Å². The summed E-state index contributed by atoms with van der Waals surface area (Å²) in [5.41, 5.74) is 0.922. The van der Waals surface area contributed by atoms with Crippen LogP contribution in [0.4, 0.5) is 10.8 Å². The van der Waals surface area contributed by atoms with Crippen molar-refractivity contribution in [2.45, 2.75) is 11.3 Å². The van der Waals surface area contributed by atoms with Crippen molar-refractivity contribution in [1.29, 1.82) is 0 Å². The monoisotopic (exact) mass is 327 g/mol. The van der Waals surface area contributed by atoms with Gasteiger partial charge in [0.1, 0.15) is 5.75 Å². The van der Waals surface area contributed by atoms with Crippen molar-refractivity contribution in [2.75, 3.05) is 29.7 Å². The number of anilines is 2. The second-order valence-corrected chi connectivity index (χ2v) is 7.07. The largest absolute Gasteiger partial charge is 0.492 e. The molecule has 4 nitrogen and oxygen atoms in total. The van der Waals surface area contributed by atoms with Crippen molar-refractivity contribution >= 4 is 45.7 Å². The molecule has 108 valence electrons. The first-order chi connectivity index (χ1) is 9.83. The van der Waals surface area contributed by atoms with Crippen LogP contribution in [0.2, 0.25) is 0 Å². The third kappa shape index (κ3) is 4.57. The van der Waals surface area contributed by atoms with Gasteiger partial charge in [-0.1, -0.05) is 35.2 Å². The van der Waals surface area contributed by atoms with Crippen molar-refractivity contribution in [3.63, 3.8) is 0 Å². The highest BCUT2D eigenvalue weighted by Crippen LogP contribution is 2.31. The van der Waals surface area contributed by atoms with Crippen molar-refractivity contribution in [2.24, 2.45) is 0 Å². The number of aromatic nitrogens is 2. The highest BCUT2D eigenvalue weighted by molar-refractivity contribution is 8.03. The van der Waals surface area contributed by atoms with Gasteiger partial charge in [0.2, 0.25) is 5.13 Å². The van der Waals surface area contributed by atoms with Crippen LogP contribution >= 0.6 is 34.9 Å². The average molecular weight is 328 g/mol. The molecule has 0 saturated carbocycles. The summed E-state index contributed by atoms with van der Waals surface area (Å²) in [4.78, 5) is 0. The smallest absolute Gasteiger partial charge is 0.210 e. The van der Waals surface area contributed by atoms with Crippen LogP contribution in [0.15, 0.2) is 28.6 Å². The predicted octanol–water partition coefficient (Wildman–Crippen LogP) is 4.14. The number of benzene rings is 1. The van der Waals surface area contributed by atoms with E-state index in [4.69, 9.17) is 4.74 Å². The molecule has 2 rings (SSSR count). The van der Waals surface area contributed by atoms with Crippen LogP contribution in [0.5, 0.6) is 5.75 Å². The second-order valence-electron chi connectivity index (χ2n) is 3.77. The van der Waals surface area contributed by atoms with Crippen molar-refractivity contribution < 1.29 is 4.74 Å². The number of hydrogen-bond acceptors (Lipinski definition) is 7. The topological polar surface area (TPSA) is 47.0 Å². The normalized spacial score (nSPS) is 10.5. The van der Waals surface area contributed by atoms with E-state index in [1.165, 1.54) is 0 Å². The van der Waals surface area contributed by atoms with Crippen LogP contribution in [0.25, 0.3) is 0 Å². The summed E-state index contributed by atoms with van der Waals surface area (Å²) in [6, 6.07) is 7.86. The molecule has 0 amide bonds. The molecular weight excluding hydrogens is 310 g/mol. The minimum Gasteiger partial charge on any atom is -0.492 e. The molecule has 20 heavy (non-hydrogen) atoms. The molecule has 0 bridgehead atoms. The molecule has 0 radical (unpaired) electrons. The summed E-state index contributed by atoms with van der Waals surface area (Å²) in [5.74, 6) is 3.02. The summed E-state index contributed by atoms with van der Waals surface area (Å²) in [6.07, 6.45) is 2.11. The lowest BCUT2D eigenvalue weighted by Crippen LogP contribution is -1.97. The van der Waals surface area contributed by atoms with E-state index in [9.17, 15) is 0 Å². The lowest BCUT2D eigenvalue weighted by atomic mass is 10.3. The summed E-state index contributed by atoms with van der Waals surface area (Å²) in [5, 5.41) is 12.4. The summed E-state index contributed by atoms with van der Waals surface area (Å²) >= 11 is 5.15. The zero-order valence-electron chi connectivity index (χ0n) is 11.5. The van der Waals surface area contributed by atoms with E-state index >= 15 is 0 Å². The quantitative estimate of drug-likeness (QED) is 0.581. The Morgan fingerprint density at radius 2 is 2.10 bits per heavy atom. The van der Waals surface area contributed by atoms with Gasteiger partial charge in [-0.2, -0.15) is 11.8 Å². The lowest BCUT2D eigenvalue weighted by Gasteiger charge is -2.09. The number of ether oxygens (including phenoxy) is 1. The lowest BCUT2D eigenvalue weighted by molar-refractivity contribution is 0.342. The first-order valence-corrected chi connectivity index (χ1v) is 9.47. The Labute approximate surface area is 131 Å². The first-order valence-electron chi connectivity index (χ1n) is 6.27. The zero-order chi connectivity index (χ0) is 14.2. The maximum atomic E-state index is 5.58. The molecule has 0 aliphatic rings. The fourth-order valence-corrected chi connectivity index (χ4v) is 3.98. The number of rotatable bonds is 8. The van der Waals surface area contributed by atoms with E-state index in [0.717, 1.165) is 32.4 Å². The van der Waals surface area contributed by atoms with E-state index in [1.807, 2.05) is 43.0 Å². The van der Waals surface area contributed by atoms with Gasteiger partial charge in [0, 0.05) is 11.5 Å². The third-order valence-corrected chi connectivity index (χ3v) is 5.19. The SMILES string of the molecule is CCOc1ccccc1Nc1nnc(SCCSC)s1. The van der Waals surface area contributed by atoms with Gasteiger partial charge in [-0.15, -0.1) is 10.2 Å². The van der Waals surface area contributed by atoms with E-state index < -0.39 is 0 Å². The molecule has 0 spiro atoms. The van der Waals surface area contributed by atoms with Gasteiger partial charge in [0.25, 0.3) is 0 Å². The van der Waals surface area contributed by atoms with Crippen LogP contribution < -0.4 is 10.1 Å². The number of hydrogen-bond donors (Lipinski definition) is 1. The molecule has 0 atom stereocenters. The number of nitrogens with one attached hydrogen (secondary N) is 1. The minimum absolute atomic E-state index is 0.643. The van der Waals surface area contributed by atoms with E-state index in [0.29, 0.717) is 6.61 Å². The molecule has 2 aromatic rings. The molecule has 0 fully saturated rings. The Morgan fingerprint density at radius 3 is 2.90 bits per heavy atom. The van der Waals surface area contributed by atoms with E-state index in [-0.39, 0.29) is 0 Å². The van der Waals surface area contributed by atoms with Crippen LogP contribution in [-0.2, 0) is 0 Å². The fraction of sp³-hybridized carbons (Fsp3) is 0.385. The highest BCUT2D eigenvalue weighted by Gasteiger charge is 2.08. The number of nitrogens with zero attached hydrogens (tertiary/aromatic N) is 2. The Bertz CT molecular complexity index is 533. The predicted molar refractivity (Wildman–Crippen MR) is 89.9 cm³/mol. The van der Waals surface area contributed by atoms with Crippen molar-refractivity contribution in [3.8, 4) is 5.75 Å². The molecule has 0 aliphatic heterocycles. The Morgan fingerprint density at radius 1 is 1.25 bits per heavy atom. The van der Waals surface area contributed by atoms with Crippen molar-refractivity contribution in [3.05, 3.63) is 24.3 Å². The average Bonchev–Trinajstić information content (AvgIpc) is 2.89. The molecule has 1 aromatic heterocycles. The summed E-state index contributed by atoms with van der Waals surface area (Å²) in [7, 11) is 0. The minimum atomic E-state index is 0.643. The Kier molecular flexibility index (Phi) is 6.49. The fourth-order valence-electron chi connectivity index (χ4n) is 1.50. The van der Waals surface area contributed by atoms with Gasteiger partial charge in [0.05, 0.1) is 12.3 Å². The zero-order valence-corrected chi connectivity index (χ0v) is 13.9. The van der Waals surface area contributed by atoms with Crippen LogP contribution in [0, 0.1) is 0 Å². The molecule has 1 N–H and O–H groups in total. The highest BCUT2D eigenvalue weighted by atomic mass is 32.2. The van der Waals surface area contributed by atoms with Gasteiger partial charge in [0.15, 0.2) is 4.34 Å². The molecule has 7 heteroatoms. The Balaban J connectivity index is 1.99. The van der Waals surface area contributed by atoms with Gasteiger partial charge >= 0.3 is 0 Å². The Hall–Kier alpha value is -0.920. The molecule has 0 aliphatic carbocycles. The number of thioether (sulfide) groups is 2. The maximum Gasteiger partial charge on any atom is 0.210 e. The molecular formula is C13H17N3OS3. The van der Waals surface area contributed by atoms with Gasteiger partial charge < -0.3 is 10.1 Å². The first kappa shape index (κ1) is 15.5. The van der Waals surface area contributed by atoms with Gasteiger partial charge in [-0.05, 0) is 25.3 Å². The third-order valence-electron chi connectivity index (χ3n) is 2.35. The molecule has 0 saturated heterocycles. The second kappa shape index (κ2) is 8.39. The number of para-hydroxylation sites is 2.